The first kappa shape index (κ1) is 9.77. The highest BCUT2D eigenvalue weighted by Gasteiger charge is 2.08. The Bertz CT molecular complexity index is 356. The molecule has 0 radical (unpaired) electrons. The van der Waals surface area contributed by atoms with Crippen molar-refractivity contribution >= 4 is 15.9 Å². The molecular formula is C10H7BrN2. The molecule has 13 heavy (non-hydrogen) atoms. The molecule has 0 saturated heterocycles. The lowest BCUT2D eigenvalue weighted by Gasteiger charge is -2.03. The molecule has 0 bridgehead atoms. The second kappa shape index (κ2) is 4.64. The van der Waals surface area contributed by atoms with E-state index in [-0.39, 0.29) is 12.3 Å². The minimum absolute atomic E-state index is 0.248. The van der Waals surface area contributed by atoms with Crippen LogP contribution in [0.3, 0.4) is 0 Å². The predicted molar refractivity (Wildman–Crippen MR) is 52.7 cm³/mol. The summed E-state index contributed by atoms with van der Waals surface area (Å²) in [6.07, 6.45) is 0.248. The van der Waals surface area contributed by atoms with Crippen molar-refractivity contribution in [2.45, 2.75) is 12.3 Å². The average Bonchev–Trinajstić information content (AvgIpc) is 2.16. The van der Waals surface area contributed by atoms with Gasteiger partial charge in [-0.1, -0.05) is 28.1 Å². The third-order valence-electron chi connectivity index (χ3n) is 1.72. The van der Waals surface area contributed by atoms with Crippen molar-refractivity contribution < 1.29 is 0 Å². The third kappa shape index (κ3) is 2.57. The molecule has 0 N–H and O–H groups in total. The van der Waals surface area contributed by atoms with Crippen molar-refractivity contribution in [3.63, 3.8) is 0 Å². The fraction of sp³-hybridized carbons (Fsp3) is 0.200. The lowest BCUT2D eigenvalue weighted by molar-refractivity contribution is 0.886. The maximum absolute atomic E-state index is 8.77. The first-order valence-electron chi connectivity index (χ1n) is 3.80. The molecule has 0 spiro atoms. The molecule has 1 atom stereocenters. The van der Waals surface area contributed by atoms with Crippen LogP contribution in [0.15, 0.2) is 28.7 Å². The van der Waals surface area contributed by atoms with Crippen molar-refractivity contribution in [1.29, 1.82) is 10.5 Å². The van der Waals surface area contributed by atoms with Crippen LogP contribution in [0.2, 0.25) is 0 Å². The van der Waals surface area contributed by atoms with Crippen LogP contribution in [0.1, 0.15) is 17.9 Å². The predicted octanol–water partition coefficient (Wildman–Crippen LogP) is 2.97. The molecule has 0 aliphatic heterocycles. The molecule has 2 nitrogen and oxygen atoms in total. The molecule has 0 aliphatic carbocycles. The molecule has 0 heterocycles. The number of halogens is 1. The summed E-state index contributed by atoms with van der Waals surface area (Å²) in [5.74, 6) is -0.307. The summed E-state index contributed by atoms with van der Waals surface area (Å²) in [6, 6.07) is 11.6. The van der Waals surface area contributed by atoms with Crippen molar-refractivity contribution in [3.8, 4) is 12.1 Å². The highest BCUT2D eigenvalue weighted by atomic mass is 79.9. The summed E-state index contributed by atoms with van der Waals surface area (Å²) in [5.41, 5.74) is 0.896. The number of benzene rings is 1. The SMILES string of the molecule is N#CC[C@@H](C#N)c1ccc(Br)cc1. The van der Waals surface area contributed by atoms with Gasteiger partial charge in [-0.25, -0.2) is 0 Å². The molecule has 3 heteroatoms. The Labute approximate surface area is 85.5 Å². The van der Waals surface area contributed by atoms with Gasteiger partial charge in [-0.15, -0.1) is 0 Å². The lowest BCUT2D eigenvalue weighted by atomic mass is 9.98. The summed E-state index contributed by atoms with van der Waals surface area (Å²) in [5, 5.41) is 17.2. The Morgan fingerprint density at radius 2 is 1.85 bits per heavy atom. The maximum Gasteiger partial charge on any atom is 0.0842 e. The number of nitrogens with zero attached hydrogens (tertiary/aromatic N) is 2. The Balaban J connectivity index is 2.89. The lowest BCUT2D eigenvalue weighted by Crippen LogP contribution is -1.93. The van der Waals surface area contributed by atoms with Crippen LogP contribution in [-0.2, 0) is 0 Å². The molecule has 0 amide bonds. The summed E-state index contributed by atoms with van der Waals surface area (Å²) in [7, 11) is 0. The molecule has 0 aromatic heterocycles. The second-order valence-corrected chi connectivity index (χ2v) is 3.51. The van der Waals surface area contributed by atoms with E-state index < -0.39 is 0 Å². The van der Waals surface area contributed by atoms with Gasteiger partial charge in [0.2, 0.25) is 0 Å². The van der Waals surface area contributed by atoms with Gasteiger partial charge < -0.3 is 0 Å². The van der Waals surface area contributed by atoms with Crippen molar-refractivity contribution in [1.82, 2.24) is 0 Å². The Hall–Kier alpha value is -1.32. The van der Waals surface area contributed by atoms with Gasteiger partial charge in [0.15, 0.2) is 0 Å². The quantitative estimate of drug-likeness (QED) is 0.790. The highest BCUT2D eigenvalue weighted by molar-refractivity contribution is 9.10. The van der Waals surface area contributed by atoms with E-state index in [1.807, 2.05) is 30.3 Å². The zero-order chi connectivity index (χ0) is 9.68. The number of hydrogen-bond acceptors (Lipinski definition) is 2. The number of rotatable bonds is 2. The zero-order valence-electron chi connectivity index (χ0n) is 6.87. The van der Waals surface area contributed by atoms with Gasteiger partial charge >= 0.3 is 0 Å². The van der Waals surface area contributed by atoms with E-state index in [0.717, 1.165) is 10.0 Å². The van der Waals surface area contributed by atoms with Crippen LogP contribution in [-0.4, -0.2) is 0 Å². The molecule has 0 saturated carbocycles. The van der Waals surface area contributed by atoms with Crippen LogP contribution in [0.5, 0.6) is 0 Å². The molecule has 0 fully saturated rings. The van der Waals surface area contributed by atoms with Gasteiger partial charge in [0, 0.05) is 4.47 Å². The third-order valence-corrected chi connectivity index (χ3v) is 2.25. The van der Waals surface area contributed by atoms with Gasteiger partial charge in [-0.3, -0.25) is 0 Å². The summed E-state index contributed by atoms with van der Waals surface area (Å²) in [4.78, 5) is 0. The van der Waals surface area contributed by atoms with E-state index in [2.05, 4.69) is 22.0 Å². The minimum atomic E-state index is -0.307. The maximum atomic E-state index is 8.77. The Morgan fingerprint density at radius 3 is 2.31 bits per heavy atom. The highest BCUT2D eigenvalue weighted by Crippen LogP contribution is 2.20. The smallest absolute Gasteiger partial charge is 0.0842 e. The average molecular weight is 235 g/mol. The van der Waals surface area contributed by atoms with Crippen LogP contribution >= 0.6 is 15.9 Å². The first-order chi connectivity index (χ1) is 6.27. The monoisotopic (exact) mass is 234 g/mol. The number of hydrogen-bond donors (Lipinski definition) is 0. The van der Waals surface area contributed by atoms with Crippen LogP contribution in [0.4, 0.5) is 0 Å². The van der Waals surface area contributed by atoms with Crippen LogP contribution in [0, 0.1) is 22.7 Å². The van der Waals surface area contributed by atoms with Crippen molar-refractivity contribution in [2.75, 3.05) is 0 Å². The Morgan fingerprint density at radius 1 is 1.23 bits per heavy atom. The summed E-state index contributed by atoms with van der Waals surface area (Å²) >= 11 is 3.31. The standard InChI is InChI=1S/C10H7BrN2/c11-10-3-1-8(2-4-10)9(7-13)5-6-12/h1-4,9H,5H2/t9-/m0/s1. The van der Waals surface area contributed by atoms with E-state index in [1.165, 1.54) is 0 Å². The summed E-state index contributed by atoms with van der Waals surface area (Å²) < 4.78 is 0.977. The van der Waals surface area contributed by atoms with Crippen molar-refractivity contribution in [3.05, 3.63) is 34.3 Å². The molecule has 64 valence electrons. The number of nitriles is 2. The minimum Gasteiger partial charge on any atom is -0.198 e. The largest absolute Gasteiger partial charge is 0.198 e. The topological polar surface area (TPSA) is 47.6 Å². The second-order valence-electron chi connectivity index (χ2n) is 2.60. The van der Waals surface area contributed by atoms with Gasteiger partial charge in [0.1, 0.15) is 0 Å². The normalized spacial score (nSPS) is 11.3. The summed E-state index contributed by atoms with van der Waals surface area (Å²) in [6.45, 7) is 0. The van der Waals surface area contributed by atoms with E-state index >= 15 is 0 Å². The van der Waals surface area contributed by atoms with E-state index in [0.29, 0.717) is 0 Å². The molecule has 1 rings (SSSR count). The van der Waals surface area contributed by atoms with E-state index in [9.17, 15) is 0 Å². The first-order valence-corrected chi connectivity index (χ1v) is 4.59. The van der Waals surface area contributed by atoms with E-state index in [1.54, 1.807) is 0 Å². The fourth-order valence-corrected chi connectivity index (χ4v) is 1.29. The molecule has 1 aromatic rings. The zero-order valence-corrected chi connectivity index (χ0v) is 8.45. The van der Waals surface area contributed by atoms with Crippen molar-refractivity contribution in [2.24, 2.45) is 0 Å². The van der Waals surface area contributed by atoms with Gasteiger partial charge in [0.05, 0.1) is 24.5 Å². The van der Waals surface area contributed by atoms with Crippen LogP contribution in [0.25, 0.3) is 0 Å². The van der Waals surface area contributed by atoms with Gasteiger partial charge in [-0.05, 0) is 17.7 Å². The van der Waals surface area contributed by atoms with E-state index in [4.69, 9.17) is 10.5 Å². The molecule has 1 aromatic carbocycles. The van der Waals surface area contributed by atoms with Crippen LogP contribution < -0.4 is 0 Å². The van der Waals surface area contributed by atoms with Gasteiger partial charge in [0.25, 0.3) is 0 Å². The Kier molecular flexibility index (Phi) is 3.49. The fourth-order valence-electron chi connectivity index (χ4n) is 1.02. The molecule has 0 aliphatic rings. The molecular weight excluding hydrogens is 228 g/mol. The van der Waals surface area contributed by atoms with Gasteiger partial charge in [-0.2, -0.15) is 10.5 Å². The molecule has 0 unspecified atom stereocenters.